The Bertz CT molecular complexity index is 671. The van der Waals surface area contributed by atoms with E-state index in [9.17, 15) is 4.79 Å². The SMILES string of the molecule is CC(C)(C)Nc1cccc2c1C(=O)N(c1ccccc1)C2. The summed E-state index contributed by atoms with van der Waals surface area (Å²) < 4.78 is 0. The number of rotatable bonds is 2. The zero-order valence-electron chi connectivity index (χ0n) is 12.7. The first-order valence-corrected chi connectivity index (χ1v) is 7.23. The Kier molecular flexibility index (Phi) is 3.20. The number of carbonyl (C=O) groups is 1. The van der Waals surface area contributed by atoms with E-state index in [1.807, 2.05) is 53.4 Å². The molecule has 0 unspecified atom stereocenters. The third kappa shape index (κ3) is 2.64. The zero-order chi connectivity index (χ0) is 15.0. The minimum Gasteiger partial charge on any atom is -0.380 e. The highest BCUT2D eigenvalue weighted by Crippen LogP contribution is 2.33. The molecule has 0 saturated carbocycles. The summed E-state index contributed by atoms with van der Waals surface area (Å²) in [5.74, 6) is 0.0727. The van der Waals surface area contributed by atoms with Crippen molar-refractivity contribution in [3.05, 3.63) is 59.7 Å². The lowest BCUT2D eigenvalue weighted by Gasteiger charge is -2.23. The van der Waals surface area contributed by atoms with Crippen molar-refractivity contribution in [3.63, 3.8) is 0 Å². The topological polar surface area (TPSA) is 32.3 Å². The van der Waals surface area contributed by atoms with Gasteiger partial charge in [0.15, 0.2) is 0 Å². The van der Waals surface area contributed by atoms with Gasteiger partial charge in [0.05, 0.1) is 12.1 Å². The molecule has 3 rings (SSSR count). The lowest BCUT2D eigenvalue weighted by atomic mass is 10.0. The molecule has 0 fully saturated rings. The summed E-state index contributed by atoms with van der Waals surface area (Å²) in [6, 6.07) is 15.8. The second-order valence-electron chi connectivity index (χ2n) is 6.44. The maximum absolute atomic E-state index is 12.8. The number of carbonyl (C=O) groups excluding carboxylic acids is 1. The van der Waals surface area contributed by atoms with Crippen molar-refractivity contribution in [2.45, 2.75) is 32.9 Å². The van der Waals surface area contributed by atoms with E-state index in [1.54, 1.807) is 0 Å². The minimum absolute atomic E-state index is 0.0727. The van der Waals surface area contributed by atoms with Gasteiger partial charge in [0.25, 0.3) is 5.91 Å². The molecule has 1 N–H and O–H groups in total. The first kappa shape index (κ1) is 13.7. The number of nitrogens with zero attached hydrogens (tertiary/aromatic N) is 1. The third-order valence-corrected chi connectivity index (χ3v) is 3.52. The fourth-order valence-electron chi connectivity index (χ4n) is 2.69. The third-order valence-electron chi connectivity index (χ3n) is 3.52. The van der Waals surface area contributed by atoms with Gasteiger partial charge in [-0.3, -0.25) is 4.79 Å². The van der Waals surface area contributed by atoms with E-state index in [0.717, 1.165) is 22.5 Å². The Hall–Kier alpha value is -2.29. The molecule has 2 aromatic carbocycles. The maximum Gasteiger partial charge on any atom is 0.261 e. The van der Waals surface area contributed by atoms with E-state index >= 15 is 0 Å². The van der Waals surface area contributed by atoms with Crippen LogP contribution in [-0.2, 0) is 6.54 Å². The number of hydrogen-bond donors (Lipinski definition) is 1. The fourth-order valence-corrected chi connectivity index (χ4v) is 2.69. The first-order chi connectivity index (χ1) is 9.96. The fraction of sp³-hybridized carbons (Fsp3) is 0.278. The smallest absolute Gasteiger partial charge is 0.261 e. The highest BCUT2D eigenvalue weighted by Gasteiger charge is 2.31. The summed E-state index contributed by atoms with van der Waals surface area (Å²) in [5, 5.41) is 3.44. The number of anilines is 2. The monoisotopic (exact) mass is 280 g/mol. The van der Waals surface area contributed by atoms with Gasteiger partial charge in [-0.1, -0.05) is 30.3 Å². The van der Waals surface area contributed by atoms with Crippen LogP contribution < -0.4 is 10.2 Å². The molecule has 0 atom stereocenters. The van der Waals surface area contributed by atoms with E-state index in [-0.39, 0.29) is 11.4 Å². The van der Waals surface area contributed by atoms with Crippen LogP contribution in [0.5, 0.6) is 0 Å². The van der Waals surface area contributed by atoms with Crippen LogP contribution in [0.1, 0.15) is 36.7 Å². The molecule has 108 valence electrons. The minimum atomic E-state index is -0.0738. The number of amides is 1. The number of fused-ring (bicyclic) bond motifs is 1. The van der Waals surface area contributed by atoms with Crippen molar-refractivity contribution in [3.8, 4) is 0 Å². The molecule has 0 spiro atoms. The number of nitrogens with one attached hydrogen (secondary N) is 1. The molecule has 3 heteroatoms. The van der Waals surface area contributed by atoms with E-state index in [4.69, 9.17) is 0 Å². The van der Waals surface area contributed by atoms with Gasteiger partial charge in [0.2, 0.25) is 0 Å². The molecule has 1 aliphatic heterocycles. The lowest BCUT2D eigenvalue weighted by molar-refractivity contribution is 0.0997. The van der Waals surface area contributed by atoms with Gasteiger partial charge in [0.1, 0.15) is 0 Å². The van der Waals surface area contributed by atoms with Crippen LogP contribution >= 0.6 is 0 Å². The second-order valence-corrected chi connectivity index (χ2v) is 6.44. The normalized spacial score (nSPS) is 14.2. The van der Waals surface area contributed by atoms with Crippen molar-refractivity contribution in [2.75, 3.05) is 10.2 Å². The summed E-state index contributed by atoms with van der Waals surface area (Å²) in [6.45, 7) is 6.93. The Morgan fingerprint density at radius 3 is 2.38 bits per heavy atom. The van der Waals surface area contributed by atoms with Gasteiger partial charge in [0, 0.05) is 16.9 Å². The standard InChI is InChI=1S/C18H20N2O/c1-18(2,3)19-15-11-7-8-13-12-20(17(21)16(13)15)14-9-5-4-6-10-14/h4-11,19H,12H2,1-3H3. The molecule has 21 heavy (non-hydrogen) atoms. The van der Waals surface area contributed by atoms with E-state index < -0.39 is 0 Å². The predicted molar refractivity (Wildman–Crippen MR) is 86.8 cm³/mol. The molecule has 1 amide bonds. The van der Waals surface area contributed by atoms with Gasteiger partial charge in [-0.15, -0.1) is 0 Å². The van der Waals surface area contributed by atoms with Gasteiger partial charge in [-0.2, -0.15) is 0 Å². The molecule has 0 radical (unpaired) electrons. The van der Waals surface area contributed by atoms with Gasteiger partial charge >= 0.3 is 0 Å². The highest BCUT2D eigenvalue weighted by atomic mass is 16.2. The molecule has 0 aromatic heterocycles. The lowest BCUT2D eigenvalue weighted by Crippen LogP contribution is -2.28. The summed E-state index contributed by atoms with van der Waals surface area (Å²) in [4.78, 5) is 14.6. The largest absolute Gasteiger partial charge is 0.380 e. The Labute approximate surface area is 125 Å². The number of hydrogen-bond acceptors (Lipinski definition) is 2. The Balaban J connectivity index is 1.99. The average Bonchev–Trinajstić information content (AvgIpc) is 2.77. The van der Waals surface area contributed by atoms with Crippen molar-refractivity contribution in [1.82, 2.24) is 0 Å². The van der Waals surface area contributed by atoms with Crippen LogP contribution in [0.2, 0.25) is 0 Å². The summed E-state index contributed by atoms with van der Waals surface area (Å²) in [5.41, 5.74) is 3.67. The first-order valence-electron chi connectivity index (χ1n) is 7.23. The van der Waals surface area contributed by atoms with Gasteiger partial charge in [-0.25, -0.2) is 0 Å². The zero-order valence-corrected chi connectivity index (χ0v) is 12.7. The summed E-state index contributed by atoms with van der Waals surface area (Å²) in [7, 11) is 0. The van der Waals surface area contributed by atoms with Crippen molar-refractivity contribution in [1.29, 1.82) is 0 Å². The molecule has 0 saturated heterocycles. The average molecular weight is 280 g/mol. The van der Waals surface area contributed by atoms with Crippen LogP contribution in [0.3, 0.4) is 0 Å². The van der Waals surface area contributed by atoms with Crippen LogP contribution in [0.15, 0.2) is 48.5 Å². The van der Waals surface area contributed by atoms with Gasteiger partial charge in [-0.05, 0) is 44.5 Å². The van der Waals surface area contributed by atoms with Crippen molar-refractivity contribution < 1.29 is 4.79 Å². The Morgan fingerprint density at radius 1 is 1.00 bits per heavy atom. The second kappa shape index (κ2) is 4.92. The maximum atomic E-state index is 12.8. The summed E-state index contributed by atoms with van der Waals surface area (Å²) >= 11 is 0. The molecular weight excluding hydrogens is 260 g/mol. The Morgan fingerprint density at radius 2 is 1.71 bits per heavy atom. The molecular formula is C18H20N2O. The predicted octanol–water partition coefficient (Wildman–Crippen LogP) is 4.06. The van der Waals surface area contributed by atoms with Crippen molar-refractivity contribution in [2.24, 2.45) is 0 Å². The van der Waals surface area contributed by atoms with Crippen molar-refractivity contribution >= 4 is 17.3 Å². The number of para-hydroxylation sites is 1. The van der Waals surface area contributed by atoms with E-state index in [2.05, 4.69) is 26.1 Å². The van der Waals surface area contributed by atoms with Gasteiger partial charge < -0.3 is 10.2 Å². The highest BCUT2D eigenvalue weighted by molar-refractivity contribution is 6.13. The molecule has 2 aromatic rings. The van der Waals surface area contributed by atoms with E-state index in [1.165, 1.54) is 0 Å². The number of benzene rings is 2. The molecule has 3 nitrogen and oxygen atoms in total. The van der Waals surface area contributed by atoms with Crippen LogP contribution in [-0.4, -0.2) is 11.4 Å². The van der Waals surface area contributed by atoms with Crippen LogP contribution in [0, 0.1) is 0 Å². The quantitative estimate of drug-likeness (QED) is 0.899. The molecule has 0 bridgehead atoms. The van der Waals surface area contributed by atoms with Crippen LogP contribution in [0.25, 0.3) is 0 Å². The van der Waals surface area contributed by atoms with Crippen LogP contribution in [0.4, 0.5) is 11.4 Å². The molecule has 0 aliphatic carbocycles. The summed E-state index contributed by atoms with van der Waals surface area (Å²) in [6.07, 6.45) is 0. The molecule has 1 heterocycles. The molecule has 1 aliphatic rings. The van der Waals surface area contributed by atoms with E-state index in [0.29, 0.717) is 6.54 Å².